The molecule has 1 N–H and O–H groups in total. The van der Waals surface area contributed by atoms with Gasteiger partial charge in [0.05, 0.1) is 18.7 Å². The van der Waals surface area contributed by atoms with Crippen molar-refractivity contribution in [3.8, 4) is 0 Å². The molecule has 2 saturated heterocycles. The second-order valence-corrected chi connectivity index (χ2v) is 6.05. The SMILES string of the molecule is O=C(c1cnc2ccccc2c1)C1CC2COCC(C1)N2. The standard InChI is InChI=1S/C17H18N2O2/c20-17(12-6-14-9-21-10-15(7-12)19-14)13-5-11-3-1-2-4-16(11)18-8-13/h1-5,8,12,14-15,19H,6-7,9-10H2. The molecule has 4 nitrogen and oxygen atoms in total. The van der Waals surface area contributed by atoms with Gasteiger partial charge in [-0.25, -0.2) is 0 Å². The van der Waals surface area contributed by atoms with Gasteiger partial charge >= 0.3 is 0 Å². The Kier molecular flexibility index (Phi) is 3.20. The highest BCUT2D eigenvalue weighted by atomic mass is 16.5. The Morgan fingerprint density at radius 2 is 1.95 bits per heavy atom. The lowest BCUT2D eigenvalue weighted by Crippen LogP contribution is -2.55. The van der Waals surface area contributed by atoms with E-state index in [0.29, 0.717) is 12.1 Å². The number of hydrogen-bond donors (Lipinski definition) is 1. The summed E-state index contributed by atoms with van der Waals surface area (Å²) in [6.07, 6.45) is 3.45. The van der Waals surface area contributed by atoms with Crippen molar-refractivity contribution in [3.05, 3.63) is 42.1 Å². The molecule has 2 aromatic rings. The molecule has 0 spiro atoms. The number of rotatable bonds is 2. The number of fused-ring (bicyclic) bond motifs is 3. The zero-order valence-corrected chi connectivity index (χ0v) is 11.8. The van der Waals surface area contributed by atoms with Gasteiger partial charge in [0, 0.05) is 35.1 Å². The summed E-state index contributed by atoms with van der Waals surface area (Å²) in [7, 11) is 0. The van der Waals surface area contributed by atoms with Crippen LogP contribution in [0.15, 0.2) is 36.5 Å². The van der Waals surface area contributed by atoms with E-state index in [0.717, 1.165) is 42.5 Å². The molecule has 4 heteroatoms. The molecule has 2 aliphatic heterocycles. The number of carbonyl (C=O) groups is 1. The van der Waals surface area contributed by atoms with Gasteiger partial charge in [0.25, 0.3) is 0 Å². The molecule has 0 saturated carbocycles. The fraction of sp³-hybridized carbons (Fsp3) is 0.412. The van der Waals surface area contributed by atoms with Gasteiger partial charge in [-0.1, -0.05) is 18.2 Å². The molecular formula is C17H18N2O2. The van der Waals surface area contributed by atoms with Gasteiger partial charge in [0.1, 0.15) is 0 Å². The third kappa shape index (κ3) is 2.45. The number of nitrogens with one attached hydrogen (secondary N) is 1. The van der Waals surface area contributed by atoms with E-state index in [4.69, 9.17) is 4.74 Å². The maximum absolute atomic E-state index is 12.8. The lowest BCUT2D eigenvalue weighted by atomic mass is 9.82. The number of pyridine rings is 1. The van der Waals surface area contributed by atoms with Crippen LogP contribution >= 0.6 is 0 Å². The highest BCUT2D eigenvalue weighted by Gasteiger charge is 2.35. The minimum Gasteiger partial charge on any atom is -0.378 e. The Labute approximate surface area is 123 Å². The fourth-order valence-electron chi connectivity index (χ4n) is 3.49. The summed E-state index contributed by atoms with van der Waals surface area (Å²) in [4.78, 5) is 17.2. The van der Waals surface area contributed by atoms with Crippen LogP contribution in [0.4, 0.5) is 0 Å². The summed E-state index contributed by atoms with van der Waals surface area (Å²) < 4.78 is 5.54. The van der Waals surface area contributed by atoms with Crippen molar-refractivity contribution in [1.82, 2.24) is 10.3 Å². The number of benzene rings is 1. The van der Waals surface area contributed by atoms with Crippen LogP contribution in [0, 0.1) is 5.92 Å². The lowest BCUT2D eigenvalue weighted by Gasteiger charge is -2.39. The van der Waals surface area contributed by atoms with Gasteiger partial charge in [-0.05, 0) is 25.0 Å². The number of ketones is 1. The summed E-state index contributed by atoms with van der Waals surface area (Å²) >= 11 is 0. The Hall–Kier alpha value is -1.78. The van der Waals surface area contributed by atoms with Crippen molar-refractivity contribution in [3.63, 3.8) is 0 Å². The minimum atomic E-state index is 0.0908. The number of morpholine rings is 1. The molecule has 2 unspecified atom stereocenters. The zero-order chi connectivity index (χ0) is 14.2. The van der Waals surface area contributed by atoms with Crippen LogP contribution in [0.3, 0.4) is 0 Å². The summed E-state index contributed by atoms with van der Waals surface area (Å²) in [5.74, 6) is 0.319. The smallest absolute Gasteiger partial charge is 0.167 e. The minimum absolute atomic E-state index is 0.0908. The number of piperidine rings is 1. The number of Topliss-reactive ketones (excluding diaryl/α,β-unsaturated/α-hetero) is 1. The number of carbonyl (C=O) groups excluding carboxylic acids is 1. The topological polar surface area (TPSA) is 51.2 Å². The molecule has 2 fully saturated rings. The van der Waals surface area contributed by atoms with E-state index in [1.807, 2.05) is 30.3 Å². The van der Waals surface area contributed by atoms with Crippen molar-refractivity contribution in [2.45, 2.75) is 24.9 Å². The zero-order valence-electron chi connectivity index (χ0n) is 11.8. The Balaban J connectivity index is 1.60. The van der Waals surface area contributed by atoms with Crippen LogP contribution in [-0.4, -0.2) is 36.1 Å². The Morgan fingerprint density at radius 1 is 1.19 bits per heavy atom. The molecular weight excluding hydrogens is 264 g/mol. The number of aromatic nitrogens is 1. The Bertz CT molecular complexity index is 673. The molecule has 0 aliphatic carbocycles. The van der Waals surface area contributed by atoms with Gasteiger partial charge in [-0.3, -0.25) is 9.78 Å². The van der Waals surface area contributed by atoms with Crippen molar-refractivity contribution in [1.29, 1.82) is 0 Å². The van der Waals surface area contributed by atoms with Gasteiger partial charge < -0.3 is 10.1 Å². The Morgan fingerprint density at radius 3 is 2.76 bits per heavy atom. The largest absolute Gasteiger partial charge is 0.378 e. The molecule has 3 heterocycles. The normalized spacial score (nSPS) is 28.5. The second kappa shape index (κ2) is 5.20. The fourth-order valence-corrected chi connectivity index (χ4v) is 3.49. The summed E-state index contributed by atoms with van der Waals surface area (Å²) in [5.41, 5.74) is 1.67. The van der Waals surface area contributed by atoms with Crippen LogP contribution in [0.2, 0.25) is 0 Å². The molecule has 0 radical (unpaired) electrons. The summed E-state index contributed by atoms with van der Waals surface area (Å²) in [5, 5.41) is 4.55. The van der Waals surface area contributed by atoms with Crippen molar-refractivity contribution < 1.29 is 9.53 Å². The van der Waals surface area contributed by atoms with Crippen LogP contribution in [-0.2, 0) is 4.74 Å². The summed E-state index contributed by atoms with van der Waals surface area (Å²) in [6.45, 7) is 1.44. The predicted octanol–water partition coefficient (Wildman–Crippen LogP) is 2.18. The van der Waals surface area contributed by atoms with E-state index in [2.05, 4.69) is 10.3 Å². The van der Waals surface area contributed by atoms with Crippen LogP contribution in [0.1, 0.15) is 23.2 Å². The van der Waals surface area contributed by atoms with Crippen LogP contribution in [0.25, 0.3) is 10.9 Å². The van der Waals surface area contributed by atoms with E-state index in [9.17, 15) is 4.79 Å². The first-order chi connectivity index (χ1) is 10.3. The van der Waals surface area contributed by atoms with Gasteiger partial charge in [-0.15, -0.1) is 0 Å². The molecule has 2 atom stereocenters. The average molecular weight is 282 g/mol. The number of para-hydroxylation sites is 1. The van der Waals surface area contributed by atoms with E-state index in [-0.39, 0.29) is 11.7 Å². The maximum Gasteiger partial charge on any atom is 0.167 e. The molecule has 0 amide bonds. The van der Waals surface area contributed by atoms with Crippen molar-refractivity contribution in [2.24, 2.45) is 5.92 Å². The number of hydrogen-bond acceptors (Lipinski definition) is 4. The molecule has 4 rings (SSSR count). The number of ether oxygens (including phenoxy) is 1. The quantitative estimate of drug-likeness (QED) is 0.858. The first kappa shape index (κ1) is 12.9. The van der Waals surface area contributed by atoms with Crippen LogP contribution in [0.5, 0.6) is 0 Å². The first-order valence-electron chi connectivity index (χ1n) is 7.52. The van der Waals surface area contributed by atoms with E-state index < -0.39 is 0 Å². The molecule has 2 bridgehead atoms. The molecule has 21 heavy (non-hydrogen) atoms. The van der Waals surface area contributed by atoms with Crippen molar-refractivity contribution in [2.75, 3.05) is 13.2 Å². The molecule has 2 aliphatic rings. The average Bonchev–Trinajstić information content (AvgIpc) is 2.53. The highest BCUT2D eigenvalue weighted by Crippen LogP contribution is 2.27. The molecule has 1 aromatic carbocycles. The molecule has 1 aromatic heterocycles. The monoisotopic (exact) mass is 282 g/mol. The van der Waals surface area contributed by atoms with Crippen LogP contribution < -0.4 is 5.32 Å². The number of nitrogens with zero attached hydrogens (tertiary/aromatic N) is 1. The maximum atomic E-state index is 12.8. The summed E-state index contributed by atoms with van der Waals surface area (Å²) in [6, 6.07) is 10.5. The van der Waals surface area contributed by atoms with Gasteiger partial charge in [0.15, 0.2) is 5.78 Å². The predicted molar refractivity (Wildman–Crippen MR) is 80.3 cm³/mol. The van der Waals surface area contributed by atoms with Crippen molar-refractivity contribution >= 4 is 16.7 Å². The van der Waals surface area contributed by atoms with E-state index in [1.54, 1.807) is 6.20 Å². The first-order valence-corrected chi connectivity index (χ1v) is 7.52. The highest BCUT2D eigenvalue weighted by molar-refractivity contribution is 6.00. The van der Waals surface area contributed by atoms with E-state index >= 15 is 0 Å². The third-order valence-corrected chi connectivity index (χ3v) is 4.49. The molecule has 108 valence electrons. The van der Waals surface area contributed by atoms with E-state index in [1.165, 1.54) is 0 Å². The lowest BCUT2D eigenvalue weighted by molar-refractivity contribution is 0.00952. The second-order valence-electron chi connectivity index (χ2n) is 6.05. The van der Waals surface area contributed by atoms with Gasteiger partial charge in [-0.2, -0.15) is 0 Å². The third-order valence-electron chi connectivity index (χ3n) is 4.49. The van der Waals surface area contributed by atoms with Gasteiger partial charge in [0.2, 0.25) is 0 Å².